The van der Waals surface area contributed by atoms with E-state index in [4.69, 9.17) is 26.7 Å². The number of hydrogen-bond donors (Lipinski definition) is 2. The van der Waals surface area contributed by atoms with Crippen molar-refractivity contribution in [2.75, 3.05) is 12.4 Å². The Morgan fingerprint density at radius 3 is 2.65 bits per heavy atom. The van der Waals surface area contributed by atoms with Gasteiger partial charge in [0.05, 0.1) is 7.11 Å². The minimum Gasteiger partial charge on any atom is -0.494 e. The van der Waals surface area contributed by atoms with E-state index in [0.717, 1.165) is 16.1 Å². The molecule has 0 spiro atoms. The maximum atomic E-state index is 8.23. The Labute approximate surface area is 161 Å². The molecule has 0 aliphatic carbocycles. The topological polar surface area (TPSA) is 62.4 Å². The van der Waals surface area contributed by atoms with Gasteiger partial charge in [-0.15, -0.1) is 0 Å². The van der Waals surface area contributed by atoms with E-state index >= 15 is 0 Å². The van der Waals surface area contributed by atoms with Gasteiger partial charge in [-0.05, 0) is 55.8 Å². The molecule has 7 heteroatoms. The van der Waals surface area contributed by atoms with E-state index in [1.165, 1.54) is 11.5 Å². The molecule has 1 heterocycles. The van der Waals surface area contributed by atoms with E-state index in [1.807, 2.05) is 56.3 Å². The zero-order chi connectivity index (χ0) is 18.7. The summed E-state index contributed by atoms with van der Waals surface area (Å²) in [7, 11) is 1.62. The smallest absolute Gasteiger partial charge is 0.223 e. The van der Waals surface area contributed by atoms with Crippen molar-refractivity contribution in [3.8, 4) is 5.75 Å². The Morgan fingerprint density at radius 1 is 1.19 bits per heavy atom. The summed E-state index contributed by atoms with van der Waals surface area (Å²) in [5.41, 5.74) is 2.91. The van der Waals surface area contributed by atoms with Gasteiger partial charge in [0.15, 0.2) is 0 Å². The largest absolute Gasteiger partial charge is 0.494 e. The van der Waals surface area contributed by atoms with Crippen molar-refractivity contribution in [1.82, 2.24) is 3.96 Å². The number of benzene rings is 2. The first-order valence-corrected chi connectivity index (χ1v) is 9.12. The predicted octanol–water partition coefficient (Wildman–Crippen LogP) is 4.96. The first-order valence-electron chi connectivity index (χ1n) is 7.97. The van der Waals surface area contributed by atoms with E-state index in [-0.39, 0.29) is 0 Å². The first-order chi connectivity index (χ1) is 12.5. The van der Waals surface area contributed by atoms with Gasteiger partial charge in [0.25, 0.3) is 0 Å². The van der Waals surface area contributed by atoms with Crippen molar-refractivity contribution in [1.29, 1.82) is 5.41 Å². The minimum atomic E-state index is 0.354. The second-order valence-corrected chi connectivity index (χ2v) is 7.40. The Morgan fingerprint density at radius 2 is 2.00 bits per heavy atom. The van der Waals surface area contributed by atoms with Gasteiger partial charge in [-0.1, -0.05) is 35.3 Å². The fourth-order valence-electron chi connectivity index (χ4n) is 2.45. The number of aromatic nitrogens is 1. The SMILES string of the molecule is COc1ccc(C)cc1N=C(Nc1cccc(Cl)c1)n1sc(C)cc1=N. The van der Waals surface area contributed by atoms with Crippen LogP contribution < -0.4 is 15.5 Å². The molecule has 0 fully saturated rings. The number of nitrogens with one attached hydrogen (secondary N) is 2. The number of ether oxygens (including phenoxy) is 1. The summed E-state index contributed by atoms with van der Waals surface area (Å²) in [6, 6.07) is 15.0. The van der Waals surface area contributed by atoms with Crippen LogP contribution in [0.2, 0.25) is 5.02 Å². The van der Waals surface area contributed by atoms with Crippen LogP contribution in [0.4, 0.5) is 11.4 Å². The fourth-order valence-corrected chi connectivity index (χ4v) is 3.42. The van der Waals surface area contributed by atoms with E-state index in [0.29, 0.717) is 27.9 Å². The van der Waals surface area contributed by atoms with E-state index in [2.05, 4.69) is 5.32 Å². The molecular weight excluding hydrogens is 368 g/mol. The molecule has 5 nitrogen and oxygen atoms in total. The van der Waals surface area contributed by atoms with Crippen molar-refractivity contribution in [2.24, 2.45) is 4.99 Å². The van der Waals surface area contributed by atoms with Crippen LogP contribution in [-0.2, 0) is 0 Å². The van der Waals surface area contributed by atoms with Crippen LogP contribution >= 0.6 is 23.1 Å². The Bertz CT molecular complexity index is 1020. The number of aryl methyl sites for hydroxylation is 2. The fraction of sp³-hybridized carbons (Fsp3) is 0.158. The lowest BCUT2D eigenvalue weighted by Crippen LogP contribution is -2.28. The predicted molar refractivity (Wildman–Crippen MR) is 108 cm³/mol. The van der Waals surface area contributed by atoms with Crippen molar-refractivity contribution < 1.29 is 4.74 Å². The molecule has 0 saturated carbocycles. The normalized spacial score (nSPS) is 11.5. The van der Waals surface area contributed by atoms with Crippen LogP contribution in [0.3, 0.4) is 0 Å². The third-order valence-corrected chi connectivity index (χ3v) is 4.82. The molecule has 2 aromatic carbocycles. The van der Waals surface area contributed by atoms with Gasteiger partial charge < -0.3 is 10.1 Å². The average molecular weight is 387 g/mol. The van der Waals surface area contributed by atoms with Gasteiger partial charge >= 0.3 is 0 Å². The average Bonchev–Trinajstić information content (AvgIpc) is 2.93. The Hall–Kier alpha value is -2.57. The molecule has 0 bridgehead atoms. The van der Waals surface area contributed by atoms with Crippen molar-refractivity contribution in [3.05, 3.63) is 69.5 Å². The Balaban J connectivity index is 2.13. The standard InChI is InChI=1S/C19H19ClN4OS/c1-12-7-8-17(25-3)16(9-12)23-19(24-18(21)10-13(2)26-24)22-15-6-4-5-14(20)11-15/h4-11,21H,1-3H3,(H,22,23). The molecule has 3 aromatic rings. The van der Waals surface area contributed by atoms with Gasteiger partial charge in [0.1, 0.15) is 16.9 Å². The molecule has 3 rings (SSSR count). The van der Waals surface area contributed by atoms with Gasteiger partial charge in [0.2, 0.25) is 5.96 Å². The number of nitrogens with zero attached hydrogens (tertiary/aromatic N) is 2. The third kappa shape index (κ3) is 4.15. The molecule has 0 aliphatic rings. The highest BCUT2D eigenvalue weighted by Crippen LogP contribution is 2.29. The van der Waals surface area contributed by atoms with Crippen molar-refractivity contribution >= 4 is 40.5 Å². The van der Waals surface area contributed by atoms with Gasteiger partial charge in [0, 0.05) is 15.6 Å². The number of hydrogen-bond acceptors (Lipinski definition) is 4. The van der Waals surface area contributed by atoms with Crippen LogP contribution in [0.25, 0.3) is 0 Å². The second-order valence-electron chi connectivity index (χ2n) is 5.77. The van der Waals surface area contributed by atoms with E-state index in [1.54, 1.807) is 17.1 Å². The van der Waals surface area contributed by atoms with Crippen molar-refractivity contribution in [2.45, 2.75) is 13.8 Å². The molecule has 1 aromatic heterocycles. The first kappa shape index (κ1) is 18.2. The highest BCUT2D eigenvalue weighted by atomic mass is 35.5. The lowest BCUT2D eigenvalue weighted by atomic mass is 10.2. The van der Waals surface area contributed by atoms with Crippen LogP contribution in [0.1, 0.15) is 10.4 Å². The van der Waals surface area contributed by atoms with E-state index < -0.39 is 0 Å². The summed E-state index contributed by atoms with van der Waals surface area (Å²) in [5, 5.41) is 12.1. The van der Waals surface area contributed by atoms with Gasteiger partial charge in [-0.3, -0.25) is 5.41 Å². The summed E-state index contributed by atoms with van der Waals surface area (Å²) in [4.78, 5) is 5.77. The van der Waals surface area contributed by atoms with Crippen LogP contribution in [-0.4, -0.2) is 17.0 Å². The molecule has 0 saturated heterocycles. The summed E-state index contributed by atoms with van der Waals surface area (Å²) < 4.78 is 7.17. The Kier molecular flexibility index (Phi) is 5.44. The van der Waals surface area contributed by atoms with Crippen LogP contribution in [0.5, 0.6) is 5.75 Å². The molecule has 134 valence electrons. The molecule has 0 amide bonds. The maximum absolute atomic E-state index is 8.23. The number of halogens is 1. The van der Waals surface area contributed by atoms with E-state index in [9.17, 15) is 0 Å². The maximum Gasteiger partial charge on any atom is 0.223 e. The van der Waals surface area contributed by atoms with Gasteiger partial charge in [-0.2, -0.15) is 0 Å². The lowest BCUT2D eigenvalue weighted by molar-refractivity contribution is 0.416. The molecule has 26 heavy (non-hydrogen) atoms. The monoisotopic (exact) mass is 386 g/mol. The third-order valence-electron chi connectivity index (χ3n) is 3.63. The summed E-state index contributed by atoms with van der Waals surface area (Å²) >= 11 is 7.54. The van der Waals surface area contributed by atoms with Crippen molar-refractivity contribution in [3.63, 3.8) is 0 Å². The molecule has 2 N–H and O–H groups in total. The zero-order valence-electron chi connectivity index (χ0n) is 14.7. The minimum absolute atomic E-state index is 0.354. The molecular formula is C19H19ClN4OS. The molecule has 0 unspecified atom stereocenters. The highest BCUT2D eigenvalue weighted by molar-refractivity contribution is 7.07. The quantitative estimate of drug-likeness (QED) is 0.493. The zero-order valence-corrected chi connectivity index (χ0v) is 16.3. The number of aliphatic imine (C=N–C) groups is 1. The van der Waals surface area contributed by atoms with Crippen LogP contribution in [0, 0.1) is 19.3 Å². The number of anilines is 1. The molecule has 0 radical (unpaired) electrons. The summed E-state index contributed by atoms with van der Waals surface area (Å²) in [6.07, 6.45) is 0. The summed E-state index contributed by atoms with van der Waals surface area (Å²) in [5.74, 6) is 1.18. The molecule has 0 aliphatic heterocycles. The summed E-state index contributed by atoms with van der Waals surface area (Å²) in [6.45, 7) is 3.96. The number of rotatable bonds is 3. The lowest BCUT2D eigenvalue weighted by Gasteiger charge is -2.12. The number of methoxy groups -OCH3 is 1. The van der Waals surface area contributed by atoms with Crippen LogP contribution in [0.15, 0.2) is 53.5 Å². The highest BCUT2D eigenvalue weighted by Gasteiger charge is 2.11. The van der Waals surface area contributed by atoms with Gasteiger partial charge in [-0.25, -0.2) is 8.95 Å². The molecule has 0 atom stereocenters. The second kappa shape index (κ2) is 7.76.